The normalized spacial score (nSPS) is 11.5. The van der Waals surface area contributed by atoms with Gasteiger partial charge in [0.05, 0.1) is 0 Å². The van der Waals surface area contributed by atoms with Gasteiger partial charge in [0.15, 0.2) is 0 Å². The Hall–Kier alpha value is 0.455. The topological polar surface area (TPSA) is 61.1 Å². The molecule has 64 valence electrons. The molecule has 0 amide bonds. The van der Waals surface area contributed by atoms with Gasteiger partial charge in [-0.1, -0.05) is 30.3 Å². The van der Waals surface area contributed by atoms with Gasteiger partial charge in [0.2, 0.25) is 0 Å². The van der Waals surface area contributed by atoms with Crippen molar-refractivity contribution in [1.29, 1.82) is 0 Å². The largest absolute Gasteiger partial charge is 1.00 e. The van der Waals surface area contributed by atoms with Crippen LogP contribution in [-0.4, -0.2) is 17.1 Å². The molecule has 0 aromatic heterocycles. The van der Waals surface area contributed by atoms with Crippen LogP contribution >= 0.6 is 0 Å². The Morgan fingerprint density at radius 3 is 2.38 bits per heavy atom. The fourth-order valence-corrected chi connectivity index (χ4v) is 0.937. The Kier molecular flexibility index (Phi) is 7.08. The molecule has 1 aromatic carbocycles. The molecule has 1 atom stereocenters. The van der Waals surface area contributed by atoms with E-state index in [1.807, 2.05) is 30.3 Å². The van der Waals surface area contributed by atoms with Crippen molar-refractivity contribution in [2.75, 3.05) is 0 Å². The number of carboxylic acids is 1. The van der Waals surface area contributed by atoms with E-state index >= 15 is 0 Å². The van der Waals surface area contributed by atoms with Crippen LogP contribution in [0.25, 0.3) is 5.73 Å². The van der Waals surface area contributed by atoms with Gasteiger partial charge in [-0.3, -0.25) is 4.79 Å². The van der Waals surface area contributed by atoms with Crippen molar-refractivity contribution < 1.29 is 68.1 Å². The second kappa shape index (κ2) is 6.84. The molecular formula is C9H10NO2Rb. The van der Waals surface area contributed by atoms with Crippen molar-refractivity contribution in [2.45, 2.75) is 12.5 Å². The molecule has 0 bridgehead atoms. The smallest absolute Gasteiger partial charge is 0.665 e. The number of carboxylic acid groups (broad SMARTS) is 1. The zero-order valence-corrected chi connectivity index (χ0v) is 12.4. The maximum absolute atomic E-state index is 10.3. The van der Waals surface area contributed by atoms with Gasteiger partial charge in [-0.05, 0) is 18.0 Å². The van der Waals surface area contributed by atoms with E-state index in [-0.39, 0.29) is 64.6 Å². The minimum Gasteiger partial charge on any atom is -0.665 e. The number of benzene rings is 1. The molecule has 1 rings (SSSR count). The number of nitrogens with one attached hydrogen (secondary N) is 1. The standard InChI is InChI=1S/C9H10NO2.Rb/c10-8(9(11)12)6-7-4-2-1-3-5-7;/h1-5,8,10H,6H2,(H,11,12);/q-1;+1. The summed E-state index contributed by atoms with van der Waals surface area (Å²) < 4.78 is 0. The minimum absolute atomic E-state index is 0. The van der Waals surface area contributed by atoms with Crippen LogP contribution < -0.4 is 58.2 Å². The molecule has 2 N–H and O–H groups in total. The molecule has 0 heterocycles. The first-order valence-electron chi connectivity index (χ1n) is 3.68. The van der Waals surface area contributed by atoms with E-state index in [9.17, 15) is 4.79 Å². The van der Waals surface area contributed by atoms with Crippen LogP contribution in [0.5, 0.6) is 0 Å². The molecule has 0 radical (unpaired) electrons. The fraction of sp³-hybridized carbons (Fsp3) is 0.222. The summed E-state index contributed by atoms with van der Waals surface area (Å²) in [4.78, 5) is 10.3. The van der Waals surface area contributed by atoms with Gasteiger partial charge >= 0.3 is 58.2 Å². The van der Waals surface area contributed by atoms with Gasteiger partial charge < -0.3 is 10.8 Å². The monoisotopic (exact) mass is 249 g/mol. The zero-order valence-electron chi connectivity index (χ0n) is 7.53. The summed E-state index contributed by atoms with van der Waals surface area (Å²) in [5, 5.41) is 8.46. The second-order valence-electron chi connectivity index (χ2n) is 2.58. The van der Waals surface area contributed by atoms with Crippen LogP contribution in [0.1, 0.15) is 5.56 Å². The van der Waals surface area contributed by atoms with Gasteiger partial charge in [0.1, 0.15) is 0 Å². The van der Waals surface area contributed by atoms with E-state index in [0.29, 0.717) is 0 Å². The summed E-state index contributed by atoms with van der Waals surface area (Å²) in [6.45, 7) is 0. The molecule has 0 aliphatic rings. The molecule has 0 spiro atoms. The summed E-state index contributed by atoms with van der Waals surface area (Å²) in [5.74, 6) is -1.07. The van der Waals surface area contributed by atoms with E-state index in [2.05, 4.69) is 0 Å². The molecular weight excluding hydrogens is 240 g/mol. The van der Waals surface area contributed by atoms with Crippen LogP contribution in [0.4, 0.5) is 0 Å². The van der Waals surface area contributed by atoms with Crippen LogP contribution in [0.3, 0.4) is 0 Å². The van der Waals surface area contributed by atoms with Crippen molar-refractivity contribution in [3.05, 3.63) is 41.6 Å². The fourth-order valence-electron chi connectivity index (χ4n) is 0.937. The summed E-state index contributed by atoms with van der Waals surface area (Å²) >= 11 is 0. The van der Waals surface area contributed by atoms with Gasteiger partial charge in [0, 0.05) is 0 Å². The third kappa shape index (κ3) is 5.03. The molecule has 1 aromatic rings. The molecule has 4 heteroatoms. The van der Waals surface area contributed by atoms with Gasteiger partial charge in [0.25, 0.3) is 5.97 Å². The summed E-state index contributed by atoms with van der Waals surface area (Å²) in [6, 6.07) is 8.14. The Balaban J connectivity index is 0.00000144. The molecule has 0 saturated carbocycles. The predicted molar refractivity (Wildman–Crippen MR) is 45.9 cm³/mol. The molecule has 3 nitrogen and oxygen atoms in total. The summed E-state index contributed by atoms with van der Waals surface area (Å²) in [5.41, 5.74) is 8.05. The Labute approximate surface area is 126 Å². The third-order valence-corrected chi connectivity index (χ3v) is 1.58. The van der Waals surface area contributed by atoms with Crippen LogP contribution in [0, 0.1) is 0 Å². The summed E-state index contributed by atoms with van der Waals surface area (Å²) in [6.07, 6.45) is 0.274. The minimum atomic E-state index is -1.07. The van der Waals surface area contributed by atoms with E-state index in [0.717, 1.165) is 5.56 Å². The average Bonchev–Trinajstić information content (AvgIpc) is 2.06. The maximum Gasteiger partial charge on any atom is 1.00 e. The molecule has 0 aliphatic carbocycles. The first kappa shape index (κ1) is 13.5. The number of hydrogen-bond donors (Lipinski definition) is 1. The first-order valence-corrected chi connectivity index (χ1v) is 3.68. The Bertz CT molecular complexity index is 264. The molecule has 0 saturated heterocycles. The molecule has 13 heavy (non-hydrogen) atoms. The van der Waals surface area contributed by atoms with Crippen LogP contribution in [0.15, 0.2) is 30.3 Å². The van der Waals surface area contributed by atoms with E-state index in [1.165, 1.54) is 0 Å². The van der Waals surface area contributed by atoms with Gasteiger partial charge in [-0.2, -0.15) is 0 Å². The number of aliphatic carboxylic acids is 1. The number of carbonyl (C=O) groups is 1. The summed E-state index contributed by atoms with van der Waals surface area (Å²) in [7, 11) is 0. The Morgan fingerprint density at radius 2 is 1.92 bits per heavy atom. The molecule has 1 unspecified atom stereocenters. The molecule has 0 aliphatic heterocycles. The average molecular weight is 250 g/mol. The number of hydrogen-bond acceptors (Lipinski definition) is 1. The third-order valence-electron chi connectivity index (χ3n) is 1.58. The maximum atomic E-state index is 10.3. The van der Waals surface area contributed by atoms with E-state index < -0.39 is 12.0 Å². The van der Waals surface area contributed by atoms with Gasteiger partial charge in [-0.25, -0.2) is 0 Å². The van der Waals surface area contributed by atoms with Crippen molar-refractivity contribution in [3.63, 3.8) is 0 Å². The quantitative estimate of drug-likeness (QED) is 0.727. The van der Waals surface area contributed by atoms with E-state index in [4.69, 9.17) is 10.8 Å². The van der Waals surface area contributed by atoms with E-state index in [1.54, 1.807) is 0 Å². The zero-order chi connectivity index (χ0) is 8.97. The Morgan fingerprint density at radius 1 is 1.38 bits per heavy atom. The number of rotatable bonds is 3. The van der Waals surface area contributed by atoms with Crippen molar-refractivity contribution in [2.24, 2.45) is 0 Å². The van der Waals surface area contributed by atoms with Crippen LogP contribution in [-0.2, 0) is 11.2 Å². The van der Waals surface area contributed by atoms with Crippen LogP contribution in [0.2, 0.25) is 0 Å². The SMILES string of the molecule is [NH-]C(Cc1ccccc1)C(=O)O.[Rb+]. The van der Waals surface area contributed by atoms with Crippen molar-refractivity contribution >= 4 is 5.97 Å². The first-order chi connectivity index (χ1) is 5.70. The second-order valence-corrected chi connectivity index (χ2v) is 2.58. The van der Waals surface area contributed by atoms with Crippen molar-refractivity contribution in [3.8, 4) is 0 Å². The molecule has 0 fully saturated rings. The predicted octanol–water partition coefficient (Wildman–Crippen LogP) is -1.26. The van der Waals surface area contributed by atoms with Gasteiger partial charge in [-0.15, -0.1) is 0 Å². The van der Waals surface area contributed by atoms with Crippen molar-refractivity contribution in [1.82, 2.24) is 0 Å².